The van der Waals surface area contributed by atoms with Crippen molar-refractivity contribution in [3.8, 4) is 24.3 Å². The Morgan fingerprint density at radius 2 is 1.20 bits per heavy atom. The first-order chi connectivity index (χ1) is 9.60. The minimum Gasteiger partial charge on any atom is -0.204 e. The van der Waals surface area contributed by atoms with Crippen molar-refractivity contribution in [2.24, 2.45) is 0 Å². The molecule has 0 bridgehead atoms. The highest BCUT2D eigenvalue weighted by molar-refractivity contribution is 5.97. The molecule has 0 spiro atoms. The van der Waals surface area contributed by atoms with Gasteiger partial charge in [-0.25, -0.2) is 8.78 Å². The lowest BCUT2D eigenvalue weighted by molar-refractivity contribution is 0.517. The van der Waals surface area contributed by atoms with Crippen LogP contribution < -0.4 is 0 Å². The second kappa shape index (κ2) is 4.65. The standard InChI is InChI=1S/C14H2F2N4/c15-12-2-1-7-8(3-17)9(4-18)10(5-19)11(6-20)13(7)14(12)16/h1-2H. The molecule has 0 saturated heterocycles. The lowest BCUT2D eigenvalue weighted by Gasteiger charge is -2.08. The van der Waals surface area contributed by atoms with Crippen LogP contribution in [0.3, 0.4) is 0 Å². The second-order valence-electron chi connectivity index (χ2n) is 3.73. The number of benzene rings is 2. The molecule has 0 aliphatic heterocycles. The molecule has 0 radical (unpaired) electrons. The Morgan fingerprint density at radius 1 is 0.700 bits per heavy atom. The highest BCUT2D eigenvalue weighted by atomic mass is 19.2. The first kappa shape index (κ1) is 13.0. The number of nitriles is 4. The average Bonchev–Trinajstić information content (AvgIpc) is 2.48. The molecule has 2 rings (SSSR count). The molecule has 2 aromatic rings. The zero-order chi connectivity index (χ0) is 14.9. The van der Waals surface area contributed by atoms with E-state index in [0.29, 0.717) is 0 Å². The summed E-state index contributed by atoms with van der Waals surface area (Å²) in [5.41, 5.74) is -1.44. The monoisotopic (exact) mass is 264 g/mol. The molecule has 0 saturated carbocycles. The Hall–Kier alpha value is -3.48. The quantitative estimate of drug-likeness (QED) is 0.730. The van der Waals surface area contributed by atoms with Gasteiger partial charge in [0.05, 0.1) is 22.3 Å². The lowest BCUT2D eigenvalue weighted by Crippen LogP contribution is -2.00. The number of hydrogen-bond donors (Lipinski definition) is 0. The Morgan fingerprint density at radius 3 is 1.70 bits per heavy atom. The molecule has 0 N–H and O–H groups in total. The van der Waals surface area contributed by atoms with Gasteiger partial charge < -0.3 is 0 Å². The number of hydrogen-bond acceptors (Lipinski definition) is 4. The molecule has 0 unspecified atom stereocenters. The van der Waals surface area contributed by atoms with Crippen LogP contribution in [0, 0.1) is 57.0 Å². The number of halogens is 2. The summed E-state index contributed by atoms with van der Waals surface area (Å²) in [4.78, 5) is 0. The van der Waals surface area contributed by atoms with Gasteiger partial charge in [-0.15, -0.1) is 0 Å². The summed E-state index contributed by atoms with van der Waals surface area (Å²) < 4.78 is 27.2. The van der Waals surface area contributed by atoms with Crippen molar-refractivity contribution in [3.05, 3.63) is 46.0 Å². The van der Waals surface area contributed by atoms with Gasteiger partial charge in [-0.05, 0) is 12.1 Å². The summed E-state index contributed by atoms with van der Waals surface area (Å²) in [7, 11) is 0. The van der Waals surface area contributed by atoms with Crippen molar-refractivity contribution < 1.29 is 8.78 Å². The van der Waals surface area contributed by atoms with Crippen LogP contribution in [0.2, 0.25) is 0 Å². The second-order valence-corrected chi connectivity index (χ2v) is 3.73. The fraction of sp³-hybridized carbons (Fsp3) is 0. The van der Waals surface area contributed by atoms with Crippen molar-refractivity contribution in [1.82, 2.24) is 0 Å². The summed E-state index contributed by atoms with van der Waals surface area (Å²) in [5.74, 6) is -2.52. The van der Waals surface area contributed by atoms with Crippen LogP contribution in [-0.2, 0) is 0 Å². The third-order valence-corrected chi connectivity index (χ3v) is 2.81. The van der Waals surface area contributed by atoms with Crippen LogP contribution >= 0.6 is 0 Å². The van der Waals surface area contributed by atoms with Crippen LogP contribution in [0.25, 0.3) is 10.8 Å². The van der Waals surface area contributed by atoms with E-state index in [9.17, 15) is 8.78 Å². The largest absolute Gasteiger partial charge is 0.204 e. The van der Waals surface area contributed by atoms with Crippen molar-refractivity contribution in [2.45, 2.75) is 0 Å². The van der Waals surface area contributed by atoms with E-state index < -0.39 is 28.1 Å². The number of fused-ring (bicyclic) bond motifs is 1. The molecule has 0 amide bonds. The number of nitrogens with zero attached hydrogens (tertiary/aromatic N) is 4. The Balaban J connectivity index is 3.29. The SMILES string of the molecule is N#Cc1c(C#N)c(C#N)c2c(F)c(F)ccc2c1C#N. The van der Waals surface area contributed by atoms with Gasteiger partial charge in [-0.1, -0.05) is 0 Å². The van der Waals surface area contributed by atoms with Crippen molar-refractivity contribution in [1.29, 1.82) is 21.0 Å². The van der Waals surface area contributed by atoms with E-state index in [1.54, 1.807) is 24.3 Å². The first-order valence-corrected chi connectivity index (χ1v) is 5.18. The highest BCUT2D eigenvalue weighted by Crippen LogP contribution is 2.32. The van der Waals surface area contributed by atoms with E-state index in [4.69, 9.17) is 21.0 Å². The van der Waals surface area contributed by atoms with E-state index in [1.807, 2.05) is 0 Å². The zero-order valence-corrected chi connectivity index (χ0v) is 9.70. The van der Waals surface area contributed by atoms with Gasteiger partial charge in [0.2, 0.25) is 0 Å². The fourth-order valence-corrected chi connectivity index (χ4v) is 1.96. The molecule has 0 aromatic heterocycles. The van der Waals surface area contributed by atoms with E-state index in [0.717, 1.165) is 12.1 Å². The summed E-state index contributed by atoms with van der Waals surface area (Å²) in [6.45, 7) is 0. The van der Waals surface area contributed by atoms with Crippen molar-refractivity contribution in [3.63, 3.8) is 0 Å². The maximum absolute atomic E-state index is 13.9. The molecular formula is C14H2F2N4. The minimum absolute atomic E-state index is 0.0708. The highest BCUT2D eigenvalue weighted by Gasteiger charge is 2.23. The molecule has 0 fully saturated rings. The molecule has 0 aliphatic rings. The minimum atomic E-state index is -1.32. The molecule has 2 aromatic carbocycles. The molecule has 0 aliphatic carbocycles. The summed E-state index contributed by atoms with van der Waals surface area (Å²) in [6.07, 6.45) is 0. The summed E-state index contributed by atoms with van der Waals surface area (Å²) >= 11 is 0. The predicted molar refractivity (Wildman–Crippen MR) is 62.7 cm³/mol. The third kappa shape index (κ3) is 1.54. The van der Waals surface area contributed by atoms with Crippen molar-refractivity contribution in [2.75, 3.05) is 0 Å². The molecule has 92 valence electrons. The fourth-order valence-electron chi connectivity index (χ4n) is 1.96. The van der Waals surface area contributed by atoms with Crippen LogP contribution in [0.5, 0.6) is 0 Å². The zero-order valence-electron chi connectivity index (χ0n) is 9.70. The van der Waals surface area contributed by atoms with Gasteiger partial charge in [0.15, 0.2) is 11.6 Å². The van der Waals surface area contributed by atoms with E-state index in [-0.39, 0.29) is 16.5 Å². The molecule has 4 nitrogen and oxygen atoms in total. The van der Waals surface area contributed by atoms with Gasteiger partial charge in [0.1, 0.15) is 24.3 Å². The molecule has 0 heterocycles. The van der Waals surface area contributed by atoms with E-state index in [2.05, 4.69) is 0 Å². The average molecular weight is 264 g/mol. The molecule has 0 atom stereocenters. The maximum Gasteiger partial charge on any atom is 0.168 e. The Labute approximate surface area is 111 Å². The van der Waals surface area contributed by atoms with Crippen molar-refractivity contribution >= 4 is 10.8 Å². The molecule has 20 heavy (non-hydrogen) atoms. The summed E-state index contributed by atoms with van der Waals surface area (Å²) in [6, 6.07) is 8.44. The van der Waals surface area contributed by atoms with Crippen LogP contribution in [-0.4, -0.2) is 0 Å². The molecular weight excluding hydrogens is 262 g/mol. The Kier molecular flexibility index (Phi) is 3.02. The van der Waals surface area contributed by atoms with E-state index in [1.165, 1.54) is 0 Å². The summed E-state index contributed by atoms with van der Waals surface area (Å²) in [5, 5.41) is 35.7. The predicted octanol–water partition coefficient (Wildman–Crippen LogP) is 2.60. The Bertz CT molecular complexity index is 918. The smallest absolute Gasteiger partial charge is 0.168 e. The topological polar surface area (TPSA) is 95.2 Å². The van der Waals surface area contributed by atoms with Gasteiger partial charge in [-0.3, -0.25) is 0 Å². The van der Waals surface area contributed by atoms with Crippen LogP contribution in [0.15, 0.2) is 12.1 Å². The molecule has 6 heteroatoms. The van der Waals surface area contributed by atoms with Gasteiger partial charge in [-0.2, -0.15) is 21.0 Å². The first-order valence-electron chi connectivity index (χ1n) is 5.18. The van der Waals surface area contributed by atoms with Crippen LogP contribution in [0.1, 0.15) is 22.3 Å². The van der Waals surface area contributed by atoms with Gasteiger partial charge >= 0.3 is 0 Å². The normalized spacial score (nSPS) is 9.30. The van der Waals surface area contributed by atoms with Gasteiger partial charge in [0.25, 0.3) is 0 Å². The lowest BCUT2D eigenvalue weighted by atomic mass is 9.90. The number of rotatable bonds is 0. The van der Waals surface area contributed by atoms with Gasteiger partial charge in [0, 0.05) is 10.8 Å². The van der Waals surface area contributed by atoms with E-state index >= 15 is 0 Å². The maximum atomic E-state index is 13.9. The van der Waals surface area contributed by atoms with Crippen LogP contribution in [0.4, 0.5) is 8.78 Å². The third-order valence-electron chi connectivity index (χ3n) is 2.81.